The SMILES string of the molecule is COC(=O)c1c(N)cccc1C(=O)OCC[Si](C)(C)C. The number of nitrogens with two attached hydrogens (primary N) is 1. The van der Waals surface area contributed by atoms with E-state index in [-0.39, 0.29) is 16.8 Å². The topological polar surface area (TPSA) is 78.6 Å². The Bertz CT molecular complexity index is 508. The Hall–Kier alpha value is -1.82. The van der Waals surface area contributed by atoms with E-state index in [1.165, 1.54) is 13.2 Å². The molecule has 0 aromatic heterocycles. The van der Waals surface area contributed by atoms with Crippen LogP contribution in [0.15, 0.2) is 18.2 Å². The Balaban J connectivity index is 2.88. The maximum atomic E-state index is 12.1. The van der Waals surface area contributed by atoms with Gasteiger partial charge in [-0.1, -0.05) is 25.7 Å². The number of nitrogen functional groups attached to an aromatic ring is 1. The van der Waals surface area contributed by atoms with Gasteiger partial charge in [0.2, 0.25) is 0 Å². The average molecular weight is 295 g/mol. The summed E-state index contributed by atoms with van der Waals surface area (Å²) in [5, 5.41) is 0. The molecule has 0 aliphatic carbocycles. The zero-order chi connectivity index (χ0) is 15.3. The van der Waals surface area contributed by atoms with E-state index in [0.717, 1.165) is 6.04 Å². The largest absolute Gasteiger partial charge is 0.465 e. The third-order valence-corrected chi connectivity index (χ3v) is 4.50. The Kier molecular flexibility index (Phi) is 5.32. The molecule has 1 rings (SSSR count). The van der Waals surface area contributed by atoms with E-state index in [1.807, 2.05) is 0 Å². The van der Waals surface area contributed by atoms with Crippen LogP contribution >= 0.6 is 0 Å². The first-order valence-electron chi connectivity index (χ1n) is 6.40. The molecule has 0 aliphatic heterocycles. The minimum absolute atomic E-state index is 0.0630. The zero-order valence-electron chi connectivity index (χ0n) is 12.4. The second kappa shape index (κ2) is 6.56. The lowest BCUT2D eigenvalue weighted by atomic mass is 10.1. The van der Waals surface area contributed by atoms with E-state index in [4.69, 9.17) is 10.5 Å². The summed E-state index contributed by atoms with van der Waals surface area (Å²) in [7, 11) is -0.0266. The zero-order valence-corrected chi connectivity index (χ0v) is 13.4. The molecule has 0 bridgehead atoms. The number of hydrogen-bond acceptors (Lipinski definition) is 5. The molecule has 110 valence electrons. The second-order valence-corrected chi connectivity index (χ2v) is 11.3. The van der Waals surface area contributed by atoms with Gasteiger partial charge >= 0.3 is 11.9 Å². The maximum absolute atomic E-state index is 12.1. The van der Waals surface area contributed by atoms with Gasteiger partial charge in [-0.15, -0.1) is 0 Å². The highest BCUT2D eigenvalue weighted by atomic mass is 28.3. The number of ether oxygens (including phenoxy) is 2. The van der Waals surface area contributed by atoms with E-state index in [0.29, 0.717) is 6.61 Å². The molecule has 0 heterocycles. The summed E-state index contributed by atoms with van der Waals surface area (Å²) in [5.41, 5.74) is 6.15. The van der Waals surface area contributed by atoms with Gasteiger partial charge in [0, 0.05) is 13.8 Å². The predicted octanol–water partition coefficient (Wildman–Crippen LogP) is 2.55. The highest BCUT2D eigenvalue weighted by Crippen LogP contribution is 2.19. The summed E-state index contributed by atoms with van der Waals surface area (Å²) in [5.74, 6) is -1.18. The van der Waals surface area contributed by atoms with Crippen LogP contribution in [0.1, 0.15) is 20.7 Å². The summed E-state index contributed by atoms with van der Waals surface area (Å²) in [6.07, 6.45) is 0. The third-order valence-electron chi connectivity index (χ3n) is 2.79. The number of carbonyl (C=O) groups is 2. The van der Waals surface area contributed by atoms with E-state index in [2.05, 4.69) is 24.4 Å². The highest BCUT2D eigenvalue weighted by molar-refractivity contribution is 6.76. The van der Waals surface area contributed by atoms with Gasteiger partial charge in [-0.3, -0.25) is 0 Å². The normalized spacial score (nSPS) is 11.0. The number of hydrogen-bond donors (Lipinski definition) is 1. The molecule has 2 N–H and O–H groups in total. The van der Waals surface area contributed by atoms with Crippen molar-refractivity contribution in [2.45, 2.75) is 25.7 Å². The average Bonchev–Trinajstić information content (AvgIpc) is 2.35. The molecule has 0 amide bonds. The molecule has 0 atom stereocenters. The number of anilines is 1. The molecule has 20 heavy (non-hydrogen) atoms. The van der Waals surface area contributed by atoms with Crippen LogP contribution in [0.25, 0.3) is 0 Å². The second-order valence-electron chi connectivity index (χ2n) is 5.71. The highest BCUT2D eigenvalue weighted by Gasteiger charge is 2.22. The van der Waals surface area contributed by atoms with Gasteiger partial charge in [-0.2, -0.15) is 0 Å². The van der Waals surface area contributed by atoms with Crippen molar-refractivity contribution in [3.63, 3.8) is 0 Å². The number of esters is 2. The maximum Gasteiger partial charge on any atom is 0.340 e. The van der Waals surface area contributed by atoms with Crippen LogP contribution < -0.4 is 5.73 Å². The summed E-state index contributed by atoms with van der Waals surface area (Å²) >= 11 is 0. The van der Waals surface area contributed by atoms with Crippen molar-refractivity contribution in [1.29, 1.82) is 0 Å². The molecular weight excluding hydrogens is 274 g/mol. The van der Waals surface area contributed by atoms with Gasteiger partial charge in [0.1, 0.15) is 0 Å². The smallest absolute Gasteiger partial charge is 0.340 e. The van der Waals surface area contributed by atoms with E-state index in [1.54, 1.807) is 12.1 Å². The number of benzene rings is 1. The molecule has 0 fully saturated rings. The van der Waals surface area contributed by atoms with Crippen molar-refractivity contribution < 1.29 is 19.1 Å². The molecule has 6 heteroatoms. The molecule has 0 unspecified atom stereocenters. The van der Waals surface area contributed by atoms with Crippen LogP contribution in [-0.2, 0) is 9.47 Å². The van der Waals surface area contributed by atoms with Crippen molar-refractivity contribution in [2.75, 3.05) is 19.5 Å². The lowest BCUT2D eigenvalue weighted by Gasteiger charge is -2.16. The predicted molar refractivity (Wildman–Crippen MR) is 80.6 cm³/mol. The molecule has 0 spiro atoms. The standard InChI is InChI=1S/C14H21NO4Si/c1-18-14(17)12-10(6-5-7-11(12)15)13(16)19-8-9-20(2,3)4/h5-7H,8-9,15H2,1-4H3. The summed E-state index contributed by atoms with van der Waals surface area (Å²) < 4.78 is 9.87. The van der Waals surface area contributed by atoms with Gasteiger partial charge in [0.15, 0.2) is 0 Å². The quantitative estimate of drug-likeness (QED) is 0.513. The van der Waals surface area contributed by atoms with Crippen LogP contribution in [0.5, 0.6) is 0 Å². The van der Waals surface area contributed by atoms with E-state index in [9.17, 15) is 9.59 Å². The number of carbonyl (C=O) groups excluding carboxylic acids is 2. The van der Waals surface area contributed by atoms with E-state index < -0.39 is 20.0 Å². The van der Waals surface area contributed by atoms with Crippen LogP contribution in [0, 0.1) is 0 Å². The van der Waals surface area contributed by atoms with Gasteiger partial charge in [0.25, 0.3) is 0 Å². The minimum atomic E-state index is -1.27. The molecule has 5 nitrogen and oxygen atoms in total. The number of methoxy groups -OCH3 is 1. The van der Waals surface area contributed by atoms with Gasteiger partial charge < -0.3 is 15.2 Å². The van der Waals surface area contributed by atoms with Crippen molar-refractivity contribution in [3.05, 3.63) is 29.3 Å². The molecule has 0 radical (unpaired) electrons. The lowest BCUT2D eigenvalue weighted by molar-refractivity contribution is 0.0503. The molecule has 0 saturated carbocycles. The van der Waals surface area contributed by atoms with Crippen molar-refractivity contribution in [2.24, 2.45) is 0 Å². The fourth-order valence-electron chi connectivity index (χ4n) is 1.60. The van der Waals surface area contributed by atoms with Crippen molar-refractivity contribution in [3.8, 4) is 0 Å². The van der Waals surface area contributed by atoms with Crippen LogP contribution in [0.3, 0.4) is 0 Å². The van der Waals surface area contributed by atoms with Gasteiger partial charge in [0.05, 0.1) is 24.8 Å². The third kappa shape index (κ3) is 4.38. The van der Waals surface area contributed by atoms with Gasteiger partial charge in [-0.25, -0.2) is 9.59 Å². The summed E-state index contributed by atoms with van der Waals surface area (Å²) in [4.78, 5) is 23.7. The summed E-state index contributed by atoms with van der Waals surface area (Å²) in [6.45, 7) is 6.94. The fourth-order valence-corrected chi connectivity index (χ4v) is 2.31. The minimum Gasteiger partial charge on any atom is -0.465 e. The Morgan fingerprint density at radius 3 is 2.40 bits per heavy atom. The molecule has 1 aromatic carbocycles. The molecule has 0 aliphatic rings. The Morgan fingerprint density at radius 1 is 1.20 bits per heavy atom. The lowest BCUT2D eigenvalue weighted by Crippen LogP contribution is -2.23. The summed E-state index contributed by atoms with van der Waals surface area (Å²) in [6, 6.07) is 5.54. The van der Waals surface area contributed by atoms with Gasteiger partial charge in [-0.05, 0) is 18.2 Å². The fraction of sp³-hybridized carbons (Fsp3) is 0.429. The number of rotatable bonds is 5. The first-order valence-corrected chi connectivity index (χ1v) is 10.1. The Morgan fingerprint density at radius 2 is 1.85 bits per heavy atom. The molecule has 1 aromatic rings. The van der Waals surface area contributed by atoms with Crippen LogP contribution in [0.2, 0.25) is 25.7 Å². The Labute approximate surface area is 120 Å². The first-order chi connectivity index (χ1) is 9.26. The van der Waals surface area contributed by atoms with Crippen LogP contribution in [-0.4, -0.2) is 33.7 Å². The van der Waals surface area contributed by atoms with Crippen molar-refractivity contribution >= 4 is 25.7 Å². The monoisotopic (exact) mass is 295 g/mol. The van der Waals surface area contributed by atoms with Crippen LogP contribution in [0.4, 0.5) is 5.69 Å². The van der Waals surface area contributed by atoms with E-state index >= 15 is 0 Å². The molecule has 0 saturated heterocycles. The first kappa shape index (κ1) is 16.2. The molecular formula is C14H21NO4Si. The van der Waals surface area contributed by atoms with Crippen molar-refractivity contribution in [1.82, 2.24) is 0 Å².